The van der Waals surface area contributed by atoms with Crippen LogP contribution >= 0.6 is 0 Å². The molecule has 0 fully saturated rings. The molecule has 0 unspecified atom stereocenters. The zero-order chi connectivity index (χ0) is 13.5. The summed E-state index contributed by atoms with van der Waals surface area (Å²) in [6.07, 6.45) is 5.53. The lowest BCUT2D eigenvalue weighted by atomic mass is 10.1. The molecule has 0 aromatic heterocycles. The summed E-state index contributed by atoms with van der Waals surface area (Å²) in [5.74, 6) is 0.0302. The Kier molecular flexibility index (Phi) is 5.43. The van der Waals surface area contributed by atoms with Crippen LogP contribution in [0.2, 0.25) is 0 Å². The fourth-order valence-corrected chi connectivity index (χ4v) is 1.56. The Balaban J connectivity index is 2.62. The maximum absolute atomic E-state index is 11.8. The molecule has 2 N–H and O–H groups in total. The number of carbonyl (C=O) groups is 1. The quantitative estimate of drug-likeness (QED) is 0.641. The molecule has 0 atom stereocenters. The van der Waals surface area contributed by atoms with Crippen molar-refractivity contribution in [2.45, 2.75) is 26.7 Å². The van der Waals surface area contributed by atoms with Gasteiger partial charge in [-0.05, 0) is 36.6 Å². The van der Waals surface area contributed by atoms with Crippen LogP contribution in [0.15, 0.2) is 24.3 Å². The first-order chi connectivity index (χ1) is 8.54. The van der Waals surface area contributed by atoms with Gasteiger partial charge in [-0.15, -0.1) is 0 Å². The number of nitrogen functional groups attached to an aromatic ring is 1. The molecule has 1 aromatic carbocycles. The molecule has 0 saturated carbocycles. The van der Waals surface area contributed by atoms with Crippen LogP contribution in [0.4, 0.5) is 5.69 Å². The van der Waals surface area contributed by atoms with Gasteiger partial charge in [-0.2, -0.15) is 0 Å². The lowest BCUT2D eigenvalue weighted by Crippen LogP contribution is -2.25. The average Bonchev–Trinajstić information content (AvgIpc) is 2.36. The van der Waals surface area contributed by atoms with Crippen LogP contribution in [-0.4, -0.2) is 24.4 Å². The van der Waals surface area contributed by atoms with Gasteiger partial charge in [-0.25, -0.2) is 0 Å². The van der Waals surface area contributed by atoms with Crippen LogP contribution in [0.25, 0.3) is 6.08 Å². The van der Waals surface area contributed by atoms with Gasteiger partial charge in [0.15, 0.2) is 0 Å². The fraction of sp³-hybridized carbons (Fsp3) is 0.400. The Morgan fingerprint density at radius 3 is 2.78 bits per heavy atom. The van der Waals surface area contributed by atoms with Crippen molar-refractivity contribution in [3.63, 3.8) is 0 Å². The van der Waals surface area contributed by atoms with Gasteiger partial charge in [0.1, 0.15) is 0 Å². The predicted octanol–water partition coefficient (Wildman–Crippen LogP) is 2.85. The zero-order valence-corrected chi connectivity index (χ0v) is 11.4. The number of nitrogens with zero attached hydrogens (tertiary/aromatic N) is 1. The predicted molar refractivity (Wildman–Crippen MR) is 77.2 cm³/mol. The summed E-state index contributed by atoms with van der Waals surface area (Å²) in [6, 6.07) is 5.80. The van der Waals surface area contributed by atoms with Crippen LogP contribution in [-0.2, 0) is 4.79 Å². The molecule has 1 rings (SSSR count). The van der Waals surface area contributed by atoms with Crippen LogP contribution in [0.5, 0.6) is 0 Å². The monoisotopic (exact) mass is 246 g/mol. The van der Waals surface area contributed by atoms with Crippen molar-refractivity contribution in [3.05, 3.63) is 35.4 Å². The van der Waals surface area contributed by atoms with Crippen molar-refractivity contribution in [1.29, 1.82) is 0 Å². The fourth-order valence-electron chi connectivity index (χ4n) is 1.56. The number of likely N-dealkylation sites (N-methyl/N-ethyl adjacent to an activating group) is 1. The van der Waals surface area contributed by atoms with E-state index in [9.17, 15) is 4.79 Å². The summed E-state index contributed by atoms with van der Waals surface area (Å²) in [5.41, 5.74) is 8.59. The highest BCUT2D eigenvalue weighted by molar-refractivity contribution is 5.91. The minimum atomic E-state index is 0.0302. The Labute approximate surface area is 109 Å². The maximum Gasteiger partial charge on any atom is 0.246 e. The second-order valence-electron chi connectivity index (χ2n) is 4.56. The minimum Gasteiger partial charge on any atom is -0.398 e. The van der Waals surface area contributed by atoms with Crippen molar-refractivity contribution in [2.75, 3.05) is 19.3 Å². The molecule has 1 amide bonds. The number of carbonyl (C=O) groups excluding carboxylic acids is 1. The summed E-state index contributed by atoms with van der Waals surface area (Å²) < 4.78 is 0. The number of anilines is 1. The standard InChI is InChI=1S/C15H22N2O/c1-4-5-10-17(3)15(18)9-8-13-7-6-12(2)14(16)11-13/h6-9,11H,4-5,10,16H2,1-3H3/b9-8+. The summed E-state index contributed by atoms with van der Waals surface area (Å²) in [5, 5.41) is 0. The summed E-state index contributed by atoms with van der Waals surface area (Å²) in [7, 11) is 1.83. The smallest absolute Gasteiger partial charge is 0.246 e. The average molecular weight is 246 g/mol. The van der Waals surface area contributed by atoms with E-state index in [-0.39, 0.29) is 5.91 Å². The second kappa shape index (κ2) is 6.84. The number of hydrogen-bond acceptors (Lipinski definition) is 2. The first-order valence-corrected chi connectivity index (χ1v) is 6.34. The number of nitrogens with two attached hydrogens (primary N) is 1. The third-order valence-electron chi connectivity index (χ3n) is 2.94. The Hall–Kier alpha value is -1.77. The molecule has 0 bridgehead atoms. The van der Waals surface area contributed by atoms with E-state index in [1.807, 2.05) is 32.2 Å². The molecule has 1 aromatic rings. The molecule has 3 nitrogen and oxygen atoms in total. The van der Waals surface area contributed by atoms with Gasteiger partial charge in [0, 0.05) is 25.4 Å². The van der Waals surface area contributed by atoms with Gasteiger partial charge in [-0.1, -0.05) is 25.5 Å². The molecule has 3 heteroatoms. The van der Waals surface area contributed by atoms with Gasteiger partial charge in [0.2, 0.25) is 5.91 Å². The maximum atomic E-state index is 11.8. The molecule has 0 aliphatic carbocycles. The second-order valence-corrected chi connectivity index (χ2v) is 4.56. The Bertz CT molecular complexity index is 438. The van der Waals surface area contributed by atoms with Gasteiger partial charge < -0.3 is 10.6 Å². The van der Waals surface area contributed by atoms with Crippen molar-refractivity contribution in [2.24, 2.45) is 0 Å². The first-order valence-electron chi connectivity index (χ1n) is 6.34. The van der Waals surface area contributed by atoms with Crippen molar-refractivity contribution < 1.29 is 4.79 Å². The molecule has 18 heavy (non-hydrogen) atoms. The molecule has 0 heterocycles. The van der Waals surface area contributed by atoms with E-state index < -0.39 is 0 Å². The number of hydrogen-bond donors (Lipinski definition) is 1. The molecule has 0 spiro atoms. The van der Waals surface area contributed by atoms with Gasteiger partial charge in [0.05, 0.1) is 0 Å². The minimum absolute atomic E-state index is 0.0302. The topological polar surface area (TPSA) is 46.3 Å². The molecule has 0 saturated heterocycles. The van der Waals surface area contributed by atoms with E-state index in [1.165, 1.54) is 0 Å². The highest BCUT2D eigenvalue weighted by Gasteiger charge is 2.03. The number of amides is 1. The highest BCUT2D eigenvalue weighted by atomic mass is 16.2. The molecular formula is C15H22N2O. The van der Waals surface area contributed by atoms with Gasteiger partial charge >= 0.3 is 0 Å². The number of rotatable bonds is 5. The van der Waals surface area contributed by atoms with Crippen LogP contribution in [0.1, 0.15) is 30.9 Å². The van der Waals surface area contributed by atoms with Crippen LogP contribution in [0.3, 0.4) is 0 Å². The van der Waals surface area contributed by atoms with Crippen molar-refractivity contribution in [3.8, 4) is 0 Å². The number of unbranched alkanes of at least 4 members (excludes halogenated alkanes) is 1. The summed E-state index contributed by atoms with van der Waals surface area (Å²) in [6.45, 7) is 4.88. The van der Waals surface area contributed by atoms with Crippen LogP contribution in [0, 0.1) is 6.92 Å². The Morgan fingerprint density at radius 1 is 1.44 bits per heavy atom. The third-order valence-corrected chi connectivity index (χ3v) is 2.94. The largest absolute Gasteiger partial charge is 0.398 e. The lowest BCUT2D eigenvalue weighted by Gasteiger charge is -2.13. The van der Waals surface area contributed by atoms with Crippen molar-refractivity contribution in [1.82, 2.24) is 4.90 Å². The third kappa shape index (κ3) is 4.24. The normalized spacial score (nSPS) is 10.8. The van der Waals surface area contributed by atoms with E-state index in [0.29, 0.717) is 0 Å². The van der Waals surface area contributed by atoms with E-state index in [1.54, 1.807) is 17.1 Å². The summed E-state index contributed by atoms with van der Waals surface area (Å²) >= 11 is 0. The lowest BCUT2D eigenvalue weighted by molar-refractivity contribution is -0.124. The molecule has 98 valence electrons. The SMILES string of the molecule is CCCCN(C)C(=O)/C=C/c1ccc(C)c(N)c1. The van der Waals surface area contributed by atoms with E-state index >= 15 is 0 Å². The highest BCUT2D eigenvalue weighted by Crippen LogP contribution is 2.14. The first kappa shape index (κ1) is 14.3. The Morgan fingerprint density at radius 2 is 2.17 bits per heavy atom. The number of aryl methyl sites for hydroxylation is 1. The molecule has 0 radical (unpaired) electrons. The van der Waals surface area contributed by atoms with Gasteiger partial charge in [0.25, 0.3) is 0 Å². The molecular weight excluding hydrogens is 224 g/mol. The van der Waals surface area contributed by atoms with E-state index in [4.69, 9.17) is 5.73 Å². The van der Waals surface area contributed by atoms with Crippen molar-refractivity contribution >= 4 is 17.7 Å². The molecule has 0 aliphatic heterocycles. The van der Waals surface area contributed by atoms with E-state index in [2.05, 4.69) is 6.92 Å². The van der Waals surface area contributed by atoms with Gasteiger partial charge in [-0.3, -0.25) is 4.79 Å². The molecule has 0 aliphatic rings. The van der Waals surface area contributed by atoms with Crippen LogP contribution < -0.4 is 5.73 Å². The zero-order valence-electron chi connectivity index (χ0n) is 11.4. The summed E-state index contributed by atoms with van der Waals surface area (Å²) in [4.78, 5) is 13.5. The number of benzene rings is 1. The van der Waals surface area contributed by atoms with E-state index in [0.717, 1.165) is 36.2 Å².